The van der Waals surface area contributed by atoms with Gasteiger partial charge in [-0.3, -0.25) is 0 Å². The van der Waals surface area contributed by atoms with Crippen molar-refractivity contribution in [2.75, 3.05) is 13.2 Å². The van der Waals surface area contributed by atoms with E-state index < -0.39 is 0 Å². The number of hydrogen-bond acceptors (Lipinski definition) is 5. The van der Waals surface area contributed by atoms with E-state index in [0.717, 1.165) is 36.9 Å². The van der Waals surface area contributed by atoms with E-state index in [-0.39, 0.29) is 18.5 Å². The van der Waals surface area contributed by atoms with Crippen LogP contribution in [-0.2, 0) is 16.1 Å². The van der Waals surface area contributed by atoms with Crippen molar-refractivity contribution in [2.24, 2.45) is 0 Å². The molecule has 1 spiro atoms. The first-order chi connectivity index (χ1) is 9.69. The van der Waals surface area contributed by atoms with Gasteiger partial charge in [-0.25, -0.2) is 4.98 Å². The Labute approximate surface area is 118 Å². The van der Waals surface area contributed by atoms with Gasteiger partial charge in [-0.15, -0.1) is 0 Å². The van der Waals surface area contributed by atoms with Gasteiger partial charge < -0.3 is 19.3 Å². The molecule has 1 N–H and O–H groups in total. The fourth-order valence-electron chi connectivity index (χ4n) is 2.96. The summed E-state index contributed by atoms with van der Waals surface area (Å²) < 4.78 is 17.4. The smallest absolute Gasteiger partial charge is 0.214 e. The molecule has 1 aromatic rings. The van der Waals surface area contributed by atoms with Gasteiger partial charge in [-0.1, -0.05) is 0 Å². The van der Waals surface area contributed by atoms with Crippen LogP contribution in [0.15, 0.2) is 12.1 Å². The Kier molecular flexibility index (Phi) is 3.92. The van der Waals surface area contributed by atoms with Crippen molar-refractivity contribution < 1.29 is 19.3 Å². The van der Waals surface area contributed by atoms with Crippen molar-refractivity contribution in [1.29, 1.82) is 0 Å². The van der Waals surface area contributed by atoms with Gasteiger partial charge in [0.05, 0.1) is 19.8 Å². The highest BCUT2D eigenvalue weighted by atomic mass is 16.7. The van der Waals surface area contributed by atoms with Crippen molar-refractivity contribution >= 4 is 0 Å². The quantitative estimate of drug-likeness (QED) is 0.916. The molecule has 20 heavy (non-hydrogen) atoms. The number of aromatic nitrogens is 1. The summed E-state index contributed by atoms with van der Waals surface area (Å²) >= 11 is 0. The molecule has 3 rings (SSSR count). The molecular formula is C15H21NO4. The lowest BCUT2D eigenvalue weighted by Crippen LogP contribution is -2.38. The molecule has 0 amide bonds. The standard InChI is InChI=1S/C15H21NO4/c1-11-8-12(10-17)9-14(16-11)20-13-2-4-15(5-3-13)18-6-7-19-15/h8-9,13,17H,2-7,10H2,1H3. The number of hydrogen-bond donors (Lipinski definition) is 1. The highest BCUT2D eigenvalue weighted by Crippen LogP contribution is 2.36. The lowest BCUT2D eigenvalue weighted by atomic mass is 9.92. The van der Waals surface area contributed by atoms with Crippen LogP contribution in [0.5, 0.6) is 5.88 Å². The van der Waals surface area contributed by atoms with Crippen LogP contribution >= 0.6 is 0 Å². The third-order valence-corrected chi connectivity index (χ3v) is 3.97. The van der Waals surface area contributed by atoms with Crippen molar-refractivity contribution in [3.05, 3.63) is 23.4 Å². The van der Waals surface area contributed by atoms with Crippen molar-refractivity contribution in [3.8, 4) is 5.88 Å². The van der Waals surface area contributed by atoms with Gasteiger partial charge in [0.1, 0.15) is 6.10 Å². The lowest BCUT2D eigenvalue weighted by Gasteiger charge is -2.35. The van der Waals surface area contributed by atoms with E-state index in [1.165, 1.54) is 0 Å². The van der Waals surface area contributed by atoms with Gasteiger partial charge in [0.15, 0.2) is 5.79 Å². The summed E-state index contributed by atoms with van der Waals surface area (Å²) in [6.45, 7) is 3.31. The molecule has 2 heterocycles. The molecule has 110 valence electrons. The molecule has 1 aromatic heterocycles. The predicted octanol–water partition coefficient (Wildman–Crippen LogP) is 1.95. The molecular weight excluding hydrogens is 258 g/mol. The van der Waals surface area contributed by atoms with Gasteiger partial charge in [-0.2, -0.15) is 0 Å². The minimum absolute atomic E-state index is 0.00910. The van der Waals surface area contributed by atoms with Crippen molar-refractivity contribution in [1.82, 2.24) is 4.98 Å². The highest BCUT2D eigenvalue weighted by Gasteiger charge is 2.40. The molecule has 0 unspecified atom stereocenters. The molecule has 1 saturated heterocycles. The maximum atomic E-state index is 9.22. The summed E-state index contributed by atoms with van der Waals surface area (Å²) in [4.78, 5) is 4.37. The van der Waals surface area contributed by atoms with Gasteiger partial charge in [0, 0.05) is 24.6 Å². The molecule has 5 nitrogen and oxygen atoms in total. The molecule has 0 radical (unpaired) electrons. The largest absolute Gasteiger partial charge is 0.474 e. The van der Waals surface area contributed by atoms with E-state index in [2.05, 4.69) is 4.98 Å². The average molecular weight is 279 g/mol. The Morgan fingerprint density at radius 3 is 2.65 bits per heavy atom. The van der Waals surface area contributed by atoms with Crippen LogP contribution in [0.4, 0.5) is 0 Å². The molecule has 5 heteroatoms. The maximum Gasteiger partial charge on any atom is 0.214 e. The zero-order valence-electron chi connectivity index (χ0n) is 11.8. The Balaban J connectivity index is 1.60. The van der Waals surface area contributed by atoms with Gasteiger partial charge in [-0.05, 0) is 31.4 Å². The summed E-state index contributed by atoms with van der Waals surface area (Å²) in [5.41, 5.74) is 1.70. The molecule has 0 aromatic carbocycles. The predicted molar refractivity (Wildman–Crippen MR) is 72.4 cm³/mol. The maximum absolute atomic E-state index is 9.22. The lowest BCUT2D eigenvalue weighted by molar-refractivity contribution is -0.186. The zero-order valence-corrected chi connectivity index (χ0v) is 11.8. The van der Waals surface area contributed by atoms with Crippen LogP contribution in [0, 0.1) is 6.92 Å². The normalized spacial score (nSPS) is 22.3. The van der Waals surface area contributed by atoms with Crippen LogP contribution in [0.3, 0.4) is 0 Å². The Morgan fingerprint density at radius 1 is 1.30 bits per heavy atom. The fourth-order valence-corrected chi connectivity index (χ4v) is 2.96. The number of rotatable bonds is 3. The summed E-state index contributed by atoms with van der Waals surface area (Å²) in [7, 11) is 0. The topological polar surface area (TPSA) is 60.8 Å². The summed E-state index contributed by atoms with van der Waals surface area (Å²) in [5.74, 6) is 0.249. The first-order valence-electron chi connectivity index (χ1n) is 7.22. The number of nitrogens with zero attached hydrogens (tertiary/aromatic N) is 1. The molecule has 2 aliphatic rings. The third kappa shape index (κ3) is 2.95. The molecule has 0 bridgehead atoms. The fraction of sp³-hybridized carbons (Fsp3) is 0.667. The van der Waals surface area contributed by atoms with E-state index in [4.69, 9.17) is 14.2 Å². The third-order valence-electron chi connectivity index (χ3n) is 3.97. The molecule has 2 fully saturated rings. The summed E-state index contributed by atoms with van der Waals surface area (Å²) in [6, 6.07) is 3.67. The molecule has 1 saturated carbocycles. The second-order valence-corrected chi connectivity index (χ2v) is 5.54. The van der Waals surface area contributed by atoms with Crippen LogP contribution < -0.4 is 4.74 Å². The Morgan fingerprint density at radius 2 is 2.00 bits per heavy atom. The van der Waals surface area contributed by atoms with E-state index in [9.17, 15) is 5.11 Å². The minimum atomic E-state index is -0.351. The average Bonchev–Trinajstić information content (AvgIpc) is 2.89. The second-order valence-electron chi connectivity index (χ2n) is 5.54. The number of aryl methyl sites for hydroxylation is 1. The monoisotopic (exact) mass is 279 g/mol. The van der Waals surface area contributed by atoms with Crippen LogP contribution in [0.1, 0.15) is 36.9 Å². The van der Waals surface area contributed by atoms with Crippen molar-refractivity contribution in [3.63, 3.8) is 0 Å². The van der Waals surface area contributed by atoms with E-state index >= 15 is 0 Å². The van der Waals surface area contributed by atoms with E-state index in [1.807, 2.05) is 13.0 Å². The van der Waals surface area contributed by atoms with Crippen LogP contribution in [0.2, 0.25) is 0 Å². The number of pyridine rings is 1. The van der Waals surface area contributed by atoms with E-state index in [0.29, 0.717) is 19.1 Å². The molecule has 1 aliphatic heterocycles. The van der Waals surface area contributed by atoms with Crippen LogP contribution in [0.25, 0.3) is 0 Å². The van der Waals surface area contributed by atoms with Crippen LogP contribution in [-0.4, -0.2) is 35.2 Å². The van der Waals surface area contributed by atoms with Gasteiger partial charge in [0.2, 0.25) is 5.88 Å². The SMILES string of the molecule is Cc1cc(CO)cc(OC2CCC3(CC2)OCCO3)n1. The van der Waals surface area contributed by atoms with Crippen molar-refractivity contribution in [2.45, 2.75) is 51.1 Å². The summed E-state index contributed by atoms with van der Waals surface area (Å²) in [5, 5.41) is 9.22. The van der Waals surface area contributed by atoms with Gasteiger partial charge >= 0.3 is 0 Å². The highest BCUT2D eigenvalue weighted by molar-refractivity contribution is 5.24. The molecule has 0 atom stereocenters. The Bertz CT molecular complexity index is 461. The van der Waals surface area contributed by atoms with E-state index in [1.54, 1.807) is 6.07 Å². The Hall–Kier alpha value is -1.17. The number of aliphatic hydroxyl groups is 1. The second kappa shape index (κ2) is 5.68. The molecule has 1 aliphatic carbocycles. The number of ether oxygens (including phenoxy) is 3. The van der Waals surface area contributed by atoms with Gasteiger partial charge in [0.25, 0.3) is 0 Å². The minimum Gasteiger partial charge on any atom is -0.474 e. The number of aliphatic hydroxyl groups excluding tert-OH is 1. The zero-order chi connectivity index (χ0) is 14.0. The summed E-state index contributed by atoms with van der Waals surface area (Å²) in [6.07, 6.45) is 3.70. The first kappa shape index (κ1) is 13.8. The first-order valence-corrected chi connectivity index (χ1v) is 7.22.